The smallest absolute Gasteiger partial charge is 0.199 e. The van der Waals surface area contributed by atoms with Crippen LogP contribution >= 0.6 is 78.5 Å². The minimum absolute atomic E-state index is 0.0655. The van der Waals surface area contributed by atoms with Crippen molar-refractivity contribution in [2.24, 2.45) is 45.0 Å². The molecular formula is C76H128Br2N13O17P5S. The predicted molar refractivity (Wildman–Crippen MR) is 483 cm³/mol. The van der Waals surface area contributed by atoms with Crippen LogP contribution in [0.25, 0.3) is 0 Å². The van der Waals surface area contributed by atoms with Crippen LogP contribution in [0.4, 0.5) is 0 Å². The molecule has 5 fully saturated rings. The summed E-state index contributed by atoms with van der Waals surface area (Å²) in [5.74, 6) is 2.39. The quantitative estimate of drug-likeness (QED) is 0.0486. The monoisotopic (exact) mass is 1840 g/mol. The zero-order valence-electron chi connectivity index (χ0n) is 68.4. The summed E-state index contributed by atoms with van der Waals surface area (Å²) >= 11 is 11.8. The number of nitrogens with zero attached hydrogens (tertiary/aromatic N) is 9. The van der Waals surface area contributed by atoms with Crippen molar-refractivity contribution < 1.29 is 84.2 Å². The molecule has 9 aliphatic rings. The lowest BCUT2D eigenvalue weighted by atomic mass is 10.0. The molecule has 38 heteroatoms. The predicted octanol–water partition coefficient (Wildman–Crippen LogP) is 4.83. The Labute approximate surface area is 696 Å². The third-order valence-electron chi connectivity index (χ3n) is 19.8. The molecular weight excluding hydrogens is 1710 g/mol. The van der Waals surface area contributed by atoms with E-state index in [-0.39, 0.29) is 24.7 Å². The van der Waals surface area contributed by atoms with Gasteiger partial charge in [-0.25, -0.2) is 20.0 Å². The Morgan fingerprint density at radius 1 is 0.491 bits per heavy atom. The van der Waals surface area contributed by atoms with Gasteiger partial charge in [0.2, 0.25) is 0 Å². The van der Waals surface area contributed by atoms with Gasteiger partial charge in [-0.2, -0.15) is 0 Å². The Morgan fingerprint density at radius 3 is 1.26 bits per heavy atom. The maximum Gasteiger partial charge on any atom is 0.199 e. The zero-order valence-corrected chi connectivity index (χ0v) is 76.9. The van der Waals surface area contributed by atoms with E-state index in [0.29, 0.717) is 97.7 Å². The van der Waals surface area contributed by atoms with E-state index in [1.165, 1.54) is 7.11 Å². The highest BCUT2D eigenvalue weighted by Crippen LogP contribution is 2.46. The molecule has 5 saturated heterocycles. The number of aromatic nitrogens is 2. The van der Waals surface area contributed by atoms with Crippen LogP contribution in [-0.4, -0.2) is 364 Å². The molecule has 114 heavy (non-hydrogen) atoms. The molecule has 1 aromatic rings. The van der Waals surface area contributed by atoms with E-state index in [1.807, 2.05) is 20.2 Å². The van der Waals surface area contributed by atoms with Crippen LogP contribution in [0.1, 0.15) is 55.9 Å². The van der Waals surface area contributed by atoms with Gasteiger partial charge in [0.15, 0.2) is 41.3 Å². The highest BCUT2D eigenvalue weighted by Gasteiger charge is 2.51. The van der Waals surface area contributed by atoms with Crippen molar-refractivity contribution in [2.45, 2.75) is 168 Å². The molecule has 18 N–H and O–H groups in total. The van der Waals surface area contributed by atoms with E-state index < -0.39 is 145 Å². The summed E-state index contributed by atoms with van der Waals surface area (Å²) in [6.45, 7) is 32.6. The number of hydrogen-bond acceptors (Lipinski definition) is 30. The lowest BCUT2D eigenvalue weighted by molar-refractivity contribution is -0.0708. The minimum atomic E-state index is -1.24. The second kappa shape index (κ2) is 41.5. The largest absolute Gasteiger partial charge is 0.491 e. The summed E-state index contributed by atoms with van der Waals surface area (Å²) in [5, 5.41) is 102. The third-order valence-corrected chi connectivity index (χ3v) is 28.8. The number of rotatable bonds is 24. The fraction of sp³-hybridized carbons (Fsp3) is 0.605. The number of nitrogens with two attached hydrogens (primary N) is 4. The molecule has 10 heterocycles. The Balaban J connectivity index is 0.000000222. The minimum Gasteiger partial charge on any atom is -0.491 e. The van der Waals surface area contributed by atoms with Gasteiger partial charge in [0.1, 0.15) is 96.3 Å². The van der Waals surface area contributed by atoms with Crippen molar-refractivity contribution in [2.75, 3.05) is 118 Å². The van der Waals surface area contributed by atoms with Crippen molar-refractivity contribution in [3.8, 4) is 0 Å². The standard InChI is InChI=1S/2C16H28N3O4P.C15H24BrN2O3P.C15H25N2O3PS.C14H23BrN3O3P/c1-10-18-15(17)12(21-2)9-19(10)16-14(22-3)13(20)11(23-16)7-8-24(4,5)6;1-10-18-15(17)11(5-7-20)9-19(10)16-14(22)13(21)12(23-16)6-8-24(2,3)4;1-9-7-11(17)10(16)8-18(9)15-14(20)13(19)12(21-15)5-6-22(2,3)4;1-9-10(8-17(2)15(22)16-9)14-13(19)12(18)11(20-14)6-7-21(3,4)5;1-8-17-13(16)9(15)7-18(8)14-12(20)11(19)10(21-14)5-6-22(2,3)4/h9,11,13-14,16,20H,1,4,7-8H2,2-3,5-6H3,(H2,17,18);9,12-14,16,20-22H,1-2,5-8H2,3-4H3,(H2,17,18);7-8,12-15,19-20H,1-2,5-6,17H2,3-4H3;8,11-14,18-19H,3,6-7H2,1-2,4-5H3;7,10-12,14,19-20H,1-2,5-6H2,3-4H3,(H2,16,17)/t11-,13-,14-,16?;12-,13-,14-,16?;12-,13-,14-,15?;11-,12-,13-,14?;10-,11-,12-,14?/m11111/s1. The van der Waals surface area contributed by atoms with Gasteiger partial charge >= 0.3 is 0 Å². The first kappa shape index (κ1) is 98.8. The van der Waals surface area contributed by atoms with Crippen molar-refractivity contribution >= 4 is 128 Å². The van der Waals surface area contributed by atoms with Crippen molar-refractivity contribution in [3.63, 3.8) is 0 Å². The highest BCUT2D eigenvalue weighted by atomic mass is 79.9. The maximum atomic E-state index is 10.6. The van der Waals surface area contributed by atoms with E-state index in [9.17, 15) is 46.0 Å². The van der Waals surface area contributed by atoms with Crippen LogP contribution < -0.4 is 22.9 Å². The van der Waals surface area contributed by atoms with E-state index in [2.05, 4.69) is 176 Å². The topological polar surface area (TPSA) is 439 Å². The normalized spacial score (nSPS) is 31.4. The number of aliphatic hydroxyl groups excluding tert-OH is 10. The van der Waals surface area contributed by atoms with Gasteiger partial charge in [-0.1, -0.05) is 26.3 Å². The number of aliphatic imine (C=N–C) groups is 3. The summed E-state index contributed by atoms with van der Waals surface area (Å²) in [4.78, 5) is 23.2. The Morgan fingerprint density at radius 2 is 0.851 bits per heavy atom. The van der Waals surface area contributed by atoms with Gasteiger partial charge in [0.05, 0.1) is 52.8 Å². The third kappa shape index (κ3) is 27.2. The first-order valence-electron chi connectivity index (χ1n) is 37.2. The molecule has 0 aliphatic carbocycles. The number of allylic oxidation sites excluding steroid dienone is 2. The molecule has 0 radical (unpaired) electrons. The lowest BCUT2D eigenvalue weighted by Gasteiger charge is -2.32. The van der Waals surface area contributed by atoms with Crippen LogP contribution in [0.2, 0.25) is 0 Å². The number of aryl methyl sites for hydroxylation is 2. The molecule has 0 spiro atoms. The van der Waals surface area contributed by atoms with Crippen molar-refractivity contribution in [3.05, 3.63) is 129 Å². The second-order valence-electron chi connectivity index (χ2n) is 33.1. The van der Waals surface area contributed by atoms with Crippen molar-refractivity contribution in [1.82, 2.24) is 29.2 Å². The summed E-state index contributed by atoms with van der Waals surface area (Å²) < 4.78 is 43.8. The molecule has 5 unspecified atom stereocenters. The van der Waals surface area contributed by atoms with Crippen LogP contribution in [0.3, 0.4) is 0 Å². The van der Waals surface area contributed by atoms with Crippen molar-refractivity contribution in [1.29, 1.82) is 0 Å². The Bertz CT molecular complexity index is 4110. The molecule has 0 bridgehead atoms. The summed E-state index contributed by atoms with van der Waals surface area (Å²) in [7, 11) is 4.88. The lowest BCUT2D eigenvalue weighted by Crippen LogP contribution is -2.43. The number of halogens is 2. The van der Waals surface area contributed by atoms with E-state index in [1.54, 1.807) is 62.2 Å². The summed E-state index contributed by atoms with van der Waals surface area (Å²) in [5.41, 5.74) is 26.5. The van der Waals surface area contributed by atoms with Gasteiger partial charge < -0.3 is 131 Å². The fourth-order valence-corrected chi connectivity index (χ4v) is 18.8. The fourth-order valence-electron chi connectivity index (χ4n) is 13.2. The number of aliphatic hydroxyl groups is 10. The number of hydrogen-bond donors (Lipinski definition) is 14. The van der Waals surface area contributed by atoms with Crippen LogP contribution in [0, 0.1) is 11.7 Å². The molecule has 9 aliphatic heterocycles. The molecule has 0 saturated carbocycles. The SMILES string of the molecule is C=C1C=C(N)C(Br)=CN1C1O[C@H](CCP(=C)(C)C)[C@@H](O)[C@H]1O.C=C1N=C(N)C(Br)=CN1C1O[C@H](CCP(=C)(C)C)[C@@H](O)[C@H]1O.C=C1N=C(N)C(CCO)=CN1C1O[C@H](CCP(=C)(C)C)[C@@H](O)[C@H]1O.C=C1N=C(N)C(OC)=CN1C1O[C@H](CCP(=C)(C)C)[C@@H](O)[C@H]1OC.C=P(C)(C)CC[C@H]1OC(c2cn(C)c(=S)nc2C)[C@H](O)[C@@H]1O. The molecule has 644 valence electrons. The Kier molecular flexibility index (Phi) is 36.0. The summed E-state index contributed by atoms with van der Waals surface area (Å²) in [6.07, 6.45) is 25.0. The van der Waals surface area contributed by atoms with Gasteiger partial charge in [0.25, 0.3) is 0 Å². The second-order valence-corrected chi connectivity index (χ2v) is 56.8. The molecule has 1 aromatic heterocycles. The number of amidine groups is 3. The molecule has 10 rings (SSSR count). The van der Waals surface area contributed by atoms with Gasteiger partial charge in [-0.05, 0) is 187 Å². The molecule has 0 amide bonds. The average Bonchev–Trinajstić information content (AvgIpc) is 1.64. The molecule has 0 aromatic carbocycles. The van der Waals surface area contributed by atoms with Gasteiger partial charge in [-0.3, -0.25) is 0 Å². The van der Waals surface area contributed by atoms with Crippen LogP contribution in [0.15, 0.2) is 128 Å². The van der Waals surface area contributed by atoms with Crippen LogP contribution in [0.5, 0.6) is 0 Å². The highest BCUT2D eigenvalue weighted by molar-refractivity contribution is 9.12. The van der Waals surface area contributed by atoms with Gasteiger partial charge in [0, 0.05) is 80.2 Å². The first-order chi connectivity index (χ1) is 52.6. The first-order valence-corrected chi connectivity index (χ1v) is 54.4. The van der Waals surface area contributed by atoms with E-state index in [0.717, 1.165) is 48.5 Å². The Hall–Kier alpha value is -4.01. The number of ether oxygens (including phenoxy) is 7. The zero-order chi connectivity index (χ0) is 86.1. The maximum absolute atomic E-state index is 10.6. The molecule has 20 atom stereocenters. The van der Waals surface area contributed by atoms with Gasteiger partial charge in [-0.15, -0.1) is 65.9 Å². The number of methoxy groups -OCH3 is 2. The van der Waals surface area contributed by atoms with E-state index >= 15 is 0 Å². The van der Waals surface area contributed by atoms with E-state index in [4.69, 9.17) is 73.4 Å². The molecule has 30 nitrogen and oxygen atoms in total. The van der Waals surface area contributed by atoms with Crippen LogP contribution in [-0.2, 0) is 40.2 Å². The summed E-state index contributed by atoms with van der Waals surface area (Å²) in [6, 6.07) is 0. The average molecular weight is 1840 g/mol.